The molecule has 0 atom stereocenters. The molecule has 6 heteroatoms. The molecule has 5 nitrogen and oxygen atoms in total. The first-order valence-corrected chi connectivity index (χ1v) is 9.56. The molecule has 0 aliphatic heterocycles. The zero-order chi connectivity index (χ0) is 19.7. The van der Waals surface area contributed by atoms with Crippen LogP contribution in [0.2, 0.25) is 0 Å². The number of nitrogens with one attached hydrogen (secondary N) is 2. The quantitative estimate of drug-likeness (QED) is 0.458. The Kier molecular flexibility index (Phi) is 4.88. The summed E-state index contributed by atoms with van der Waals surface area (Å²) in [5, 5.41) is 2.94. The molecule has 1 heterocycles. The minimum atomic E-state index is -0.490. The molecular formula is C22H17BrN2O3. The molecule has 2 amide bonds. The molecule has 0 radical (unpaired) electrons. The number of hydrazine groups is 1. The summed E-state index contributed by atoms with van der Waals surface area (Å²) in [5.74, 6) is -0.615. The third kappa shape index (κ3) is 3.51. The highest BCUT2D eigenvalue weighted by Gasteiger charge is 2.18. The second-order valence-electron chi connectivity index (χ2n) is 6.51. The molecule has 4 aromatic rings. The van der Waals surface area contributed by atoms with Crippen molar-refractivity contribution in [3.8, 4) is 0 Å². The van der Waals surface area contributed by atoms with Crippen LogP contribution in [0.25, 0.3) is 21.7 Å². The highest BCUT2D eigenvalue weighted by Crippen LogP contribution is 2.28. The van der Waals surface area contributed by atoms with Crippen LogP contribution in [-0.4, -0.2) is 11.8 Å². The second-order valence-corrected chi connectivity index (χ2v) is 7.43. The Labute approximate surface area is 169 Å². The van der Waals surface area contributed by atoms with E-state index in [-0.39, 0.29) is 18.1 Å². The number of rotatable bonds is 3. The Morgan fingerprint density at radius 1 is 0.964 bits per heavy atom. The van der Waals surface area contributed by atoms with Gasteiger partial charge in [-0.3, -0.25) is 20.4 Å². The Balaban J connectivity index is 1.46. The molecular weight excluding hydrogens is 420 g/mol. The minimum Gasteiger partial charge on any atom is -0.451 e. The number of aryl methyl sites for hydroxylation is 1. The van der Waals surface area contributed by atoms with Gasteiger partial charge in [0.15, 0.2) is 5.76 Å². The van der Waals surface area contributed by atoms with E-state index in [0.717, 1.165) is 31.8 Å². The molecule has 2 N–H and O–H groups in total. The van der Waals surface area contributed by atoms with E-state index in [1.165, 1.54) is 0 Å². The van der Waals surface area contributed by atoms with Gasteiger partial charge in [0.25, 0.3) is 0 Å². The maximum atomic E-state index is 12.5. The summed E-state index contributed by atoms with van der Waals surface area (Å²) in [5.41, 5.74) is 7.14. The predicted molar refractivity (Wildman–Crippen MR) is 112 cm³/mol. The molecule has 0 spiro atoms. The molecule has 28 heavy (non-hydrogen) atoms. The van der Waals surface area contributed by atoms with Gasteiger partial charge >= 0.3 is 5.91 Å². The summed E-state index contributed by atoms with van der Waals surface area (Å²) in [6.45, 7) is 1.81. The first kappa shape index (κ1) is 18.3. The van der Waals surface area contributed by atoms with Gasteiger partial charge in [-0.2, -0.15) is 0 Å². The topological polar surface area (TPSA) is 71.3 Å². The molecule has 0 saturated carbocycles. The van der Waals surface area contributed by atoms with Crippen LogP contribution in [0.15, 0.2) is 69.6 Å². The monoisotopic (exact) mass is 436 g/mol. The SMILES string of the molecule is Cc1c(C(=O)NNC(=O)Cc2cccc3ccccc23)oc2ccc(Br)cc12. The van der Waals surface area contributed by atoms with Gasteiger partial charge in [0, 0.05) is 15.4 Å². The second kappa shape index (κ2) is 7.48. The van der Waals surface area contributed by atoms with Crippen molar-refractivity contribution in [3.63, 3.8) is 0 Å². The van der Waals surface area contributed by atoms with Crippen LogP contribution in [0, 0.1) is 6.92 Å². The lowest BCUT2D eigenvalue weighted by Gasteiger charge is -2.08. The van der Waals surface area contributed by atoms with Crippen LogP contribution in [-0.2, 0) is 11.2 Å². The van der Waals surface area contributed by atoms with Crippen molar-refractivity contribution >= 4 is 49.5 Å². The van der Waals surface area contributed by atoms with E-state index in [9.17, 15) is 9.59 Å². The molecule has 0 fully saturated rings. The van der Waals surface area contributed by atoms with Crippen LogP contribution in [0.5, 0.6) is 0 Å². The van der Waals surface area contributed by atoms with Crippen LogP contribution in [0.4, 0.5) is 0 Å². The van der Waals surface area contributed by atoms with Gasteiger partial charge in [-0.05, 0) is 41.5 Å². The molecule has 0 saturated heterocycles. The van der Waals surface area contributed by atoms with E-state index < -0.39 is 5.91 Å². The summed E-state index contributed by atoms with van der Waals surface area (Å²) in [7, 11) is 0. The lowest BCUT2D eigenvalue weighted by atomic mass is 10.0. The van der Waals surface area contributed by atoms with Crippen molar-refractivity contribution in [1.29, 1.82) is 0 Å². The van der Waals surface area contributed by atoms with E-state index >= 15 is 0 Å². The lowest BCUT2D eigenvalue weighted by molar-refractivity contribution is -0.121. The van der Waals surface area contributed by atoms with Crippen molar-refractivity contribution < 1.29 is 14.0 Å². The molecule has 0 unspecified atom stereocenters. The van der Waals surface area contributed by atoms with Crippen molar-refractivity contribution in [3.05, 3.63) is 82.0 Å². The van der Waals surface area contributed by atoms with Crippen LogP contribution in [0.3, 0.4) is 0 Å². The molecule has 0 aliphatic rings. The first-order valence-electron chi connectivity index (χ1n) is 8.77. The summed E-state index contributed by atoms with van der Waals surface area (Å²) in [6.07, 6.45) is 0.160. The van der Waals surface area contributed by atoms with Gasteiger partial charge in [-0.15, -0.1) is 0 Å². The number of halogens is 1. The fourth-order valence-corrected chi connectivity index (χ4v) is 3.62. The van der Waals surface area contributed by atoms with Gasteiger partial charge in [0.05, 0.1) is 6.42 Å². The van der Waals surface area contributed by atoms with Crippen molar-refractivity contribution in [2.24, 2.45) is 0 Å². The lowest BCUT2D eigenvalue weighted by Crippen LogP contribution is -2.42. The molecule has 1 aromatic heterocycles. The van der Waals surface area contributed by atoms with Gasteiger partial charge in [0.2, 0.25) is 5.91 Å². The van der Waals surface area contributed by atoms with Gasteiger partial charge in [-0.25, -0.2) is 0 Å². The highest BCUT2D eigenvalue weighted by atomic mass is 79.9. The smallest absolute Gasteiger partial charge is 0.305 e. The molecule has 3 aromatic carbocycles. The maximum Gasteiger partial charge on any atom is 0.305 e. The number of carbonyl (C=O) groups is 2. The van der Waals surface area contributed by atoms with E-state index in [1.807, 2.05) is 61.5 Å². The van der Waals surface area contributed by atoms with E-state index in [2.05, 4.69) is 26.8 Å². The largest absolute Gasteiger partial charge is 0.451 e. The Morgan fingerprint density at radius 2 is 1.75 bits per heavy atom. The molecule has 0 aliphatic carbocycles. The number of hydrogen-bond acceptors (Lipinski definition) is 3. The Bertz CT molecular complexity index is 1210. The average Bonchev–Trinajstić information content (AvgIpc) is 3.02. The summed E-state index contributed by atoms with van der Waals surface area (Å²) < 4.78 is 6.54. The van der Waals surface area contributed by atoms with Gasteiger partial charge in [0.1, 0.15) is 5.58 Å². The summed E-state index contributed by atoms with van der Waals surface area (Å²) in [6, 6.07) is 19.2. The zero-order valence-corrected chi connectivity index (χ0v) is 16.7. The number of benzene rings is 3. The molecule has 4 rings (SSSR count). The standard InChI is InChI=1S/C22H17BrN2O3/c1-13-18-12-16(23)9-10-19(18)28-21(13)22(27)25-24-20(26)11-15-7-4-6-14-5-2-3-8-17(14)15/h2-10,12H,11H2,1H3,(H,24,26)(H,25,27). The Hall–Kier alpha value is -3.12. The van der Waals surface area contributed by atoms with E-state index in [4.69, 9.17) is 4.42 Å². The van der Waals surface area contributed by atoms with Crippen molar-refractivity contribution in [2.75, 3.05) is 0 Å². The highest BCUT2D eigenvalue weighted by molar-refractivity contribution is 9.10. The van der Waals surface area contributed by atoms with Crippen LogP contribution < -0.4 is 10.9 Å². The summed E-state index contributed by atoms with van der Waals surface area (Å²) in [4.78, 5) is 24.8. The van der Waals surface area contributed by atoms with Crippen LogP contribution in [0.1, 0.15) is 21.7 Å². The number of carbonyl (C=O) groups excluding carboxylic acids is 2. The number of hydrogen-bond donors (Lipinski definition) is 2. The normalized spacial score (nSPS) is 10.9. The van der Waals surface area contributed by atoms with Gasteiger partial charge in [-0.1, -0.05) is 58.4 Å². The van der Waals surface area contributed by atoms with E-state index in [1.54, 1.807) is 6.07 Å². The average molecular weight is 437 g/mol. The third-order valence-corrected chi connectivity index (χ3v) is 5.14. The first-order chi connectivity index (χ1) is 13.5. The van der Waals surface area contributed by atoms with Gasteiger partial charge < -0.3 is 4.42 Å². The van der Waals surface area contributed by atoms with Crippen LogP contribution >= 0.6 is 15.9 Å². The third-order valence-electron chi connectivity index (χ3n) is 4.65. The predicted octanol–water partition coefficient (Wildman–Crippen LogP) is 4.66. The maximum absolute atomic E-state index is 12.5. The number of furan rings is 1. The summed E-state index contributed by atoms with van der Waals surface area (Å²) >= 11 is 3.41. The van der Waals surface area contributed by atoms with Crippen molar-refractivity contribution in [2.45, 2.75) is 13.3 Å². The van der Waals surface area contributed by atoms with E-state index in [0.29, 0.717) is 5.58 Å². The molecule has 0 bridgehead atoms. The fourth-order valence-electron chi connectivity index (χ4n) is 3.26. The fraction of sp³-hybridized carbons (Fsp3) is 0.0909. The minimum absolute atomic E-state index is 0.160. The van der Waals surface area contributed by atoms with Crippen molar-refractivity contribution in [1.82, 2.24) is 10.9 Å². The zero-order valence-electron chi connectivity index (χ0n) is 15.1. The Morgan fingerprint density at radius 3 is 2.61 bits per heavy atom. The molecule has 140 valence electrons. The number of amides is 2. The number of fused-ring (bicyclic) bond motifs is 2.